The van der Waals surface area contributed by atoms with E-state index in [1.165, 1.54) is 24.0 Å². The number of fused-ring (bicyclic) bond motifs is 2. The van der Waals surface area contributed by atoms with E-state index in [9.17, 15) is 19.2 Å². The summed E-state index contributed by atoms with van der Waals surface area (Å²) in [6, 6.07) is 19.7. The number of rotatable bonds is 10. The maximum absolute atomic E-state index is 14.1. The van der Waals surface area contributed by atoms with Crippen molar-refractivity contribution < 1.29 is 28.7 Å². The predicted octanol–water partition coefficient (Wildman–Crippen LogP) is 8.13. The standard InChI is InChI=1S/C48H61N7O6/c1-27(2)42(52(8)47(58)60-10)45(56)54-25-29(5)20-40(54)38-23-35-22-33(16-18-36(35)49-38)31-12-14-32(15-13-31)34-17-19-37-39(24-34)51(7)44(50-37)41-21-30(6)26-55(41)46(57)43(28(3)4)53(9)48(59)61-11/h12-19,22,24,27-30,40-43H,20-21,23,25-26H2,1-11H3/t29-,30-,40-,41-,42-,43-/m0/s1. The largest absolute Gasteiger partial charge is 0.453 e. The lowest BCUT2D eigenvalue weighted by Crippen LogP contribution is -2.54. The van der Waals surface area contributed by atoms with Crippen LogP contribution >= 0.6 is 0 Å². The number of aryl methyl sites for hydroxylation is 1. The van der Waals surface area contributed by atoms with Gasteiger partial charge in [0, 0.05) is 46.4 Å². The molecule has 3 aliphatic heterocycles. The van der Waals surface area contributed by atoms with Gasteiger partial charge in [-0.1, -0.05) is 77.9 Å². The van der Waals surface area contributed by atoms with Crippen molar-refractivity contribution in [1.29, 1.82) is 0 Å². The highest BCUT2D eigenvalue weighted by Gasteiger charge is 2.44. The molecule has 0 aliphatic carbocycles. The zero-order chi connectivity index (χ0) is 44.0. The molecule has 2 fully saturated rings. The number of amides is 4. The molecule has 3 aromatic carbocycles. The maximum Gasteiger partial charge on any atom is 0.409 e. The van der Waals surface area contributed by atoms with Gasteiger partial charge in [0.25, 0.3) is 0 Å². The van der Waals surface area contributed by atoms with Gasteiger partial charge in [-0.3, -0.25) is 24.4 Å². The molecule has 7 rings (SSSR count). The normalized spacial score (nSPS) is 20.8. The first-order chi connectivity index (χ1) is 29.0. The fraction of sp³-hybridized carbons (Fsp3) is 0.500. The molecule has 13 nitrogen and oxygen atoms in total. The second-order valence-electron chi connectivity index (χ2n) is 18.2. The number of carbonyl (C=O) groups is 4. The lowest BCUT2D eigenvalue weighted by atomic mass is 9.96. The summed E-state index contributed by atoms with van der Waals surface area (Å²) in [5, 5.41) is 0. The summed E-state index contributed by atoms with van der Waals surface area (Å²) in [5.41, 5.74) is 9.25. The van der Waals surface area contributed by atoms with Gasteiger partial charge >= 0.3 is 12.2 Å². The molecular weight excluding hydrogens is 771 g/mol. The number of aromatic nitrogens is 2. The fourth-order valence-electron chi connectivity index (χ4n) is 9.93. The highest BCUT2D eigenvalue weighted by atomic mass is 16.5. The first-order valence-electron chi connectivity index (χ1n) is 21.5. The second kappa shape index (κ2) is 17.3. The van der Waals surface area contributed by atoms with Crippen molar-refractivity contribution in [3.8, 4) is 22.3 Å². The molecule has 4 aromatic rings. The van der Waals surface area contributed by atoms with Crippen LogP contribution in [0.25, 0.3) is 33.3 Å². The van der Waals surface area contributed by atoms with Gasteiger partial charge in [0.1, 0.15) is 17.9 Å². The molecule has 0 radical (unpaired) electrons. The zero-order valence-electron chi connectivity index (χ0n) is 37.5. The van der Waals surface area contributed by atoms with E-state index in [0.717, 1.165) is 68.9 Å². The van der Waals surface area contributed by atoms with Crippen LogP contribution in [0, 0.1) is 23.7 Å². The highest BCUT2D eigenvalue weighted by molar-refractivity contribution is 6.01. The number of imidazole rings is 1. The molecule has 0 saturated carbocycles. The van der Waals surface area contributed by atoms with E-state index in [2.05, 4.69) is 73.0 Å². The molecule has 0 spiro atoms. The summed E-state index contributed by atoms with van der Waals surface area (Å²) in [5.74, 6) is 1.08. The Hall–Kier alpha value is -5.72. The second-order valence-corrected chi connectivity index (χ2v) is 18.2. The van der Waals surface area contributed by atoms with Gasteiger partial charge in [0.2, 0.25) is 11.8 Å². The van der Waals surface area contributed by atoms with Crippen LogP contribution in [0.15, 0.2) is 65.7 Å². The van der Waals surface area contributed by atoms with Crippen molar-refractivity contribution in [3.05, 3.63) is 72.1 Å². The minimum Gasteiger partial charge on any atom is -0.453 e. The summed E-state index contributed by atoms with van der Waals surface area (Å²) in [6.45, 7) is 13.3. The lowest BCUT2D eigenvalue weighted by Gasteiger charge is -2.35. The molecule has 324 valence electrons. The van der Waals surface area contributed by atoms with Gasteiger partial charge in [-0.05, 0) is 88.6 Å². The predicted molar refractivity (Wildman–Crippen MR) is 237 cm³/mol. The Kier molecular flexibility index (Phi) is 12.3. The molecule has 0 N–H and O–H groups in total. The first kappa shape index (κ1) is 43.4. The van der Waals surface area contributed by atoms with Crippen molar-refractivity contribution in [3.63, 3.8) is 0 Å². The number of benzene rings is 3. The van der Waals surface area contributed by atoms with E-state index < -0.39 is 24.3 Å². The van der Waals surface area contributed by atoms with Crippen LogP contribution in [0.3, 0.4) is 0 Å². The van der Waals surface area contributed by atoms with Crippen molar-refractivity contribution in [2.75, 3.05) is 41.4 Å². The number of hydrogen-bond donors (Lipinski definition) is 0. The van der Waals surface area contributed by atoms with Gasteiger partial charge in [0.05, 0.1) is 43.0 Å². The highest BCUT2D eigenvalue weighted by Crippen LogP contribution is 2.39. The molecule has 1 aromatic heterocycles. The number of methoxy groups -OCH3 is 2. The van der Waals surface area contributed by atoms with Crippen LogP contribution in [0.2, 0.25) is 0 Å². The number of likely N-dealkylation sites (tertiary alicyclic amines) is 2. The third kappa shape index (κ3) is 8.23. The van der Waals surface area contributed by atoms with Crippen LogP contribution in [-0.4, -0.2) is 118 Å². The molecular formula is C48H61N7O6. The molecule has 6 atom stereocenters. The monoisotopic (exact) mass is 831 g/mol. The average molecular weight is 832 g/mol. The zero-order valence-corrected chi connectivity index (χ0v) is 37.5. The number of likely N-dealkylation sites (N-methyl/N-ethyl adjacent to an activating group) is 2. The quantitative estimate of drug-likeness (QED) is 0.158. The van der Waals surface area contributed by atoms with E-state index in [1.54, 1.807) is 14.1 Å². The Bertz CT molecular complexity index is 2350. The van der Waals surface area contributed by atoms with E-state index in [0.29, 0.717) is 25.4 Å². The summed E-state index contributed by atoms with van der Waals surface area (Å²) >= 11 is 0. The van der Waals surface area contributed by atoms with Gasteiger partial charge < -0.3 is 23.8 Å². The Morgan fingerprint density at radius 3 is 1.69 bits per heavy atom. The van der Waals surface area contributed by atoms with Crippen molar-refractivity contribution >= 4 is 46.4 Å². The molecule has 0 bridgehead atoms. The first-order valence-corrected chi connectivity index (χ1v) is 21.5. The number of carbonyl (C=O) groups excluding carboxylic acids is 4. The summed E-state index contributed by atoms with van der Waals surface area (Å²) in [7, 11) is 7.94. The molecule has 4 amide bonds. The van der Waals surface area contributed by atoms with Crippen LogP contribution in [0.4, 0.5) is 15.3 Å². The van der Waals surface area contributed by atoms with Gasteiger partial charge in [0.15, 0.2) is 0 Å². The van der Waals surface area contributed by atoms with E-state index in [-0.39, 0.29) is 41.7 Å². The number of ether oxygens (including phenoxy) is 2. The molecule has 2 saturated heterocycles. The average Bonchev–Trinajstić information content (AvgIpc) is 4.03. The fourth-order valence-corrected chi connectivity index (χ4v) is 9.93. The SMILES string of the molecule is COC(=O)N(C)[C@H](C(=O)N1C[C@@H](C)C[C@H]1C1=Nc2ccc(-c3ccc(-c4ccc5nc([C@@H]6C[C@H](C)CN6C(=O)[C@H](C(C)C)N(C)C(=O)OC)n(C)c5c4)cc3)cc2C1)C(C)C. The summed E-state index contributed by atoms with van der Waals surface area (Å²) in [4.78, 5) is 69.9. The van der Waals surface area contributed by atoms with Crippen molar-refractivity contribution in [2.24, 2.45) is 35.7 Å². The molecule has 61 heavy (non-hydrogen) atoms. The Balaban J connectivity index is 1.07. The van der Waals surface area contributed by atoms with Crippen molar-refractivity contribution in [1.82, 2.24) is 29.2 Å². The van der Waals surface area contributed by atoms with Crippen LogP contribution < -0.4 is 0 Å². The Labute approximate surface area is 359 Å². The summed E-state index contributed by atoms with van der Waals surface area (Å²) < 4.78 is 12.0. The Morgan fingerprint density at radius 1 is 0.689 bits per heavy atom. The molecule has 3 aliphatic rings. The minimum atomic E-state index is -0.650. The van der Waals surface area contributed by atoms with Crippen LogP contribution in [-0.2, 0) is 32.5 Å². The van der Waals surface area contributed by atoms with Crippen LogP contribution in [0.1, 0.15) is 71.8 Å². The minimum absolute atomic E-state index is 0.0664. The number of aliphatic imine (C=N–C) groups is 1. The molecule has 0 unspecified atom stereocenters. The third-order valence-electron chi connectivity index (χ3n) is 13.0. The van der Waals surface area contributed by atoms with Gasteiger partial charge in [-0.15, -0.1) is 0 Å². The van der Waals surface area contributed by atoms with E-state index in [4.69, 9.17) is 19.5 Å². The summed E-state index contributed by atoms with van der Waals surface area (Å²) in [6.07, 6.45) is 1.23. The maximum atomic E-state index is 14.1. The third-order valence-corrected chi connectivity index (χ3v) is 13.0. The van der Waals surface area contributed by atoms with Crippen LogP contribution in [0.5, 0.6) is 0 Å². The topological polar surface area (TPSA) is 130 Å². The molecule has 13 heteroatoms. The van der Waals surface area contributed by atoms with Gasteiger partial charge in [-0.2, -0.15) is 0 Å². The number of nitrogens with zero attached hydrogens (tertiary/aromatic N) is 7. The van der Waals surface area contributed by atoms with E-state index >= 15 is 0 Å². The lowest BCUT2D eigenvalue weighted by molar-refractivity contribution is -0.139. The Morgan fingerprint density at radius 2 is 1.16 bits per heavy atom. The number of hydrogen-bond acceptors (Lipinski definition) is 8. The molecule has 4 heterocycles. The van der Waals surface area contributed by atoms with Gasteiger partial charge in [-0.25, -0.2) is 14.6 Å². The van der Waals surface area contributed by atoms with Crippen molar-refractivity contribution in [2.45, 2.75) is 85.0 Å². The smallest absolute Gasteiger partial charge is 0.409 e. The van der Waals surface area contributed by atoms with E-state index in [1.807, 2.05) is 50.6 Å².